The summed E-state index contributed by atoms with van der Waals surface area (Å²) in [5.41, 5.74) is 3.20. The van der Waals surface area contributed by atoms with Crippen LogP contribution in [0.2, 0.25) is 0 Å². The standard InChI is InChI=1S/C22H28N6O/c1-4-6-19-15-20(23-22-25-24-16(3)28(19)22)26-11-13-27(14-12-26)21(29)18-9-7-17(5-2)8-10-18/h7-10,15H,4-6,11-14H2,1-3H3. The number of hydrogen-bond acceptors (Lipinski definition) is 5. The van der Waals surface area contributed by atoms with Crippen molar-refractivity contribution in [3.63, 3.8) is 0 Å². The molecule has 1 fully saturated rings. The van der Waals surface area contributed by atoms with Crippen molar-refractivity contribution in [2.45, 2.75) is 40.0 Å². The topological polar surface area (TPSA) is 66.6 Å². The van der Waals surface area contributed by atoms with Crippen LogP contribution >= 0.6 is 0 Å². The molecule has 7 heteroatoms. The Morgan fingerprint density at radius 3 is 2.41 bits per heavy atom. The van der Waals surface area contributed by atoms with Gasteiger partial charge in [-0.3, -0.25) is 9.20 Å². The molecule has 0 aliphatic carbocycles. The summed E-state index contributed by atoms with van der Waals surface area (Å²) < 4.78 is 2.03. The maximum absolute atomic E-state index is 12.8. The summed E-state index contributed by atoms with van der Waals surface area (Å²) in [7, 11) is 0. The predicted octanol–water partition coefficient (Wildman–Crippen LogP) is 2.91. The molecular weight excluding hydrogens is 364 g/mol. The molecule has 4 rings (SSSR count). The normalized spacial score (nSPS) is 14.6. The van der Waals surface area contributed by atoms with Crippen LogP contribution in [0, 0.1) is 6.92 Å². The smallest absolute Gasteiger partial charge is 0.257 e. The Kier molecular flexibility index (Phi) is 5.47. The summed E-state index contributed by atoms with van der Waals surface area (Å²) in [6.45, 7) is 9.16. The zero-order chi connectivity index (χ0) is 20.4. The minimum Gasteiger partial charge on any atom is -0.353 e. The highest BCUT2D eigenvalue weighted by molar-refractivity contribution is 5.94. The number of carbonyl (C=O) groups excluding carboxylic acids is 1. The molecule has 1 saturated heterocycles. The molecule has 0 unspecified atom stereocenters. The van der Waals surface area contributed by atoms with Crippen molar-refractivity contribution in [3.8, 4) is 0 Å². The van der Waals surface area contributed by atoms with Crippen molar-refractivity contribution in [1.82, 2.24) is 24.5 Å². The van der Waals surface area contributed by atoms with Crippen molar-refractivity contribution in [1.29, 1.82) is 0 Å². The van der Waals surface area contributed by atoms with E-state index >= 15 is 0 Å². The van der Waals surface area contributed by atoms with Gasteiger partial charge in [0.25, 0.3) is 11.7 Å². The van der Waals surface area contributed by atoms with E-state index in [1.807, 2.05) is 40.5 Å². The molecule has 3 heterocycles. The van der Waals surface area contributed by atoms with E-state index in [0.29, 0.717) is 18.9 Å². The van der Waals surface area contributed by atoms with Crippen LogP contribution in [-0.4, -0.2) is 56.6 Å². The minimum atomic E-state index is 0.107. The molecule has 1 amide bonds. The van der Waals surface area contributed by atoms with Crippen LogP contribution in [0.15, 0.2) is 30.3 Å². The van der Waals surface area contributed by atoms with Crippen LogP contribution in [0.25, 0.3) is 5.78 Å². The van der Waals surface area contributed by atoms with Gasteiger partial charge in [-0.25, -0.2) is 0 Å². The second-order valence-electron chi connectivity index (χ2n) is 7.57. The van der Waals surface area contributed by atoms with Crippen LogP contribution in [0.5, 0.6) is 0 Å². The summed E-state index contributed by atoms with van der Waals surface area (Å²) >= 11 is 0. The Labute approximate surface area is 171 Å². The van der Waals surface area contributed by atoms with Crippen LogP contribution in [0.1, 0.15) is 47.7 Å². The van der Waals surface area contributed by atoms with Gasteiger partial charge in [0.2, 0.25) is 0 Å². The molecule has 0 radical (unpaired) electrons. The highest BCUT2D eigenvalue weighted by Gasteiger charge is 2.24. The van der Waals surface area contributed by atoms with Crippen molar-refractivity contribution in [2.75, 3.05) is 31.1 Å². The highest BCUT2D eigenvalue weighted by Crippen LogP contribution is 2.20. The molecule has 0 saturated carbocycles. The Balaban J connectivity index is 1.48. The first-order valence-corrected chi connectivity index (χ1v) is 10.5. The zero-order valence-electron chi connectivity index (χ0n) is 17.4. The monoisotopic (exact) mass is 392 g/mol. The van der Waals surface area contributed by atoms with Gasteiger partial charge in [-0.05, 0) is 37.5 Å². The number of carbonyl (C=O) groups is 1. The van der Waals surface area contributed by atoms with Crippen molar-refractivity contribution in [2.24, 2.45) is 0 Å². The van der Waals surface area contributed by atoms with Crippen LogP contribution < -0.4 is 4.90 Å². The number of amides is 1. The molecule has 29 heavy (non-hydrogen) atoms. The van der Waals surface area contributed by atoms with Crippen LogP contribution in [0.4, 0.5) is 5.82 Å². The third kappa shape index (κ3) is 3.81. The minimum absolute atomic E-state index is 0.107. The molecule has 0 spiro atoms. The first-order chi connectivity index (χ1) is 14.1. The lowest BCUT2D eigenvalue weighted by Crippen LogP contribution is -2.49. The van der Waals surface area contributed by atoms with Gasteiger partial charge in [-0.2, -0.15) is 4.98 Å². The maximum atomic E-state index is 12.8. The highest BCUT2D eigenvalue weighted by atomic mass is 16.2. The zero-order valence-corrected chi connectivity index (χ0v) is 17.4. The van der Waals surface area contributed by atoms with E-state index in [2.05, 4.69) is 35.0 Å². The molecule has 2 aromatic heterocycles. The number of nitrogens with zero attached hydrogens (tertiary/aromatic N) is 6. The van der Waals surface area contributed by atoms with E-state index in [9.17, 15) is 4.79 Å². The predicted molar refractivity (Wildman–Crippen MR) is 113 cm³/mol. The molecule has 7 nitrogen and oxygen atoms in total. The maximum Gasteiger partial charge on any atom is 0.257 e. The SMILES string of the molecule is CCCc1cc(N2CCN(C(=O)c3ccc(CC)cc3)CC2)nc2nnc(C)n12. The molecule has 0 bridgehead atoms. The third-order valence-corrected chi connectivity index (χ3v) is 5.61. The number of anilines is 1. The summed E-state index contributed by atoms with van der Waals surface area (Å²) in [6, 6.07) is 10.1. The lowest BCUT2D eigenvalue weighted by Gasteiger charge is -2.35. The van der Waals surface area contributed by atoms with Gasteiger partial charge >= 0.3 is 0 Å². The fourth-order valence-electron chi connectivity index (χ4n) is 3.91. The molecule has 1 aromatic carbocycles. The van der Waals surface area contributed by atoms with Gasteiger partial charge in [-0.15, -0.1) is 10.2 Å². The summed E-state index contributed by atoms with van der Waals surface area (Å²) in [6.07, 6.45) is 2.99. The molecule has 0 N–H and O–H groups in total. The Bertz CT molecular complexity index is 1000. The number of hydrogen-bond donors (Lipinski definition) is 0. The number of aryl methyl sites for hydroxylation is 3. The van der Waals surface area contributed by atoms with Crippen LogP contribution in [0.3, 0.4) is 0 Å². The van der Waals surface area contributed by atoms with Crippen molar-refractivity contribution in [3.05, 3.63) is 53.0 Å². The Morgan fingerprint density at radius 2 is 1.76 bits per heavy atom. The molecule has 152 valence electrons. The second kappa shape index (κ2) is 8.19. The number of piperazine rings is 1. The fourth-order valence-corrected chi connectivity index (χ4v) is 3.91. The summed E-state index contributed by atoms with van der Waals surface area (Å²) in [5, 5.41) is 8.41. The summed E-state index contributed by atoms with van der Waals surface area (Å²) in [5.74, 6) is 2.55. The Morgan fingerprint density at radius 1 is 1.03 bits per heavy atom. The van der Waals surface area contributed by atoms with Gasteiger partial charge in [0.05, 0.1) is 0 Å². The van der Waals surface area contributed by atoms with Gasteiger partial charge < -0.3 is 9.80 Å². The Hall–Kier alpha value is -2.96. The number of aromatic nitrogens is 4. The quantitative estimate of drug-likeness (QED) is 0.668. The van der Waals surface area contributed by atoms with E-state index in [4.69, 9.17) is 4.98 Å². The summed E-state index contributed by atoms with van der Waals surface area (Å²) in [4.78, 5) is 21.7. The molecular formula is C22H28N6O. The lowest BCUT2D eigenvalue weighted by atomic mass is 10.1. The van der Waals surface area contributed by atoms with Gasteiger partial charge in [0, 0.05) is 43.5 Å². The third-order valence-electron chi connectivity index (χ3n) is 5.61. The first kappa shape index (κ1) is 19.4. The number of rotatable bonds is 5. The van der Waals surface area contributed by atoms with Crippen molar-refractivity contribution < 1.29 is 4.79 Å². The van der Waals surface area contributed by atoms with E-state index in [0.717, 1.165) is 49.6 Å². The van der Waals surface area contributed by atoms with E-state index < -0.39 is 0 Å². The van der Waals surface area contributed by atoms with Crippen LogP contribution in [-0.2, 0) is 12.8 Å². The van der Waals surface area contributed by atoms with E-state index in [1.54, 1.807) is 0 Å². The van der Waals surface area contributed by atoms with Gasteiger partial charge in [0.1, 0.15) is 11.6 Å². The van der Waals surface area contributed by atoms with E-state index in [-0.39, 0.29) is 5.91 Å². The molecule has 3 aromatic rings. The molecule has 0 atom stereocenters. The first-order valence-electron chi connectivity index (χ1n) is 10.5. The van der Waals surface area contributed by atoms with Crippen molar-refractivity contribution >= 4 is 17.5 Å². The largest absolute Gasteiger partial charge is 0.353 e. The van der Waals surface area contributed by atoms with Gasteiger partial charge in [0.15, 0.2) is 0 Å². The van der Waals surface area contributed by atoms with E-state index in [1.165, 1.54) is 11.3 Å². The number of fused-ring (bicyclic) bond motifs is 1. The molecule has 1 aliphatic heterocycles. The lowest BCUT2D eigenvalue weighted by molar-refractivity contribution is 0.0746. The average molecular weight is 393 g/mol. The second-order valence-corrected chi connectivity index (χ2v) is 7.57. The average Bonchev–Trinajstić information content (AvgIpc) is 3.14. The van der Waals surface area contributed by atoms with Gasteiger partial charge in [-0.1, -0.05) is 32.4 Å². The fraction of sp³-hybridized carbons (Fsp3) is 0.455. The number of benzene rings is 1. The molecule has 1 aliphatic rings.